The summed E-state index contributed by atoms with van der Waals surface area (Å²) in [5.41, 5.74) is 16.2. The Bertz CT molecular complexity index is 3900. The van der Waals surface area contributed by atoms with E-state index in [1.165, 1.54) is 0 Å². The quantitative estimate of drug-likeness (QED) is 0.152. The summed E-state index contributed by atoms with van der Waals surface area (Å²) in [5.74, 6) is 1.61. The van der Waals surface area contributed by atoms with Gasteiger partial charge in [0.05, 0.1) is 11.4 Å². The van der Waals surface area contributed by atoms with Crippen molar-refractivity contribution in [2.24, 2.45) is 0 Å². The molecule has 1 aliphatic rings. The van der Waals surface area contributed by atoms with Crippen LogP contribution in [0.5, 0.6) is 11.5 Å². The molecule has 2 aromatic heterocycles. The minimum Gasteiger partial charge on any atom is -0.456 e. The monoisotopic (exact) mass is 884 g/mol. The lowest BCUT2D eigenvalue weighted by molar-refractivity contribution is 0.487. The van der Waals surface area contributed by atoms with Crippen molar-refractivity contribution in [1.29, 1.82) is 0 Å². The molecule has 13 aromatic rings. The van der Waals surface area contributed by atoms with Gasteiger partial charge in [0, 0.05) is 72.4 Å². The minimum absolute atomic E-state index is 0.806. The van der Waals surface area contributed by atoms with Crippen molar-refractivity contribution in [3.63, 3.8) is 0 Å². The third-order valence-corrected chi connectivity index (χ3v) is 13.6. The predicted octanol–water partition coefficient (Wildman–Crippen LogP) is 18.7. The Morgan fingerprint density at radius 2 is 0.783 bits per heavy atom. The van der Waals surface area contributed by atoms with Gasteiger partial charge in [0.15, 0.2) is 0 Å². The number of benzene rings is 11. The zero-order valence-electron chi connectivity index (χ0n) is 37.2. The molecular formula is C64H40N2O3. The van der Waals surface area contributed by atoms with E-state index in [4.69, 9.17) is 13.6 Å². The van der Waals surface area contributed by atoms with E-state index in [1.54, 1.807) is 0 Å². The zero-order valence-corrected chi connectivity index (χ0v) is 37.2. The van der Waals surface area contributed by atoms with Crippen LogP contribution in [-0.2, 0) is 0 Å². The second kappa shape index (κ2) is 15.7. The molecule has 0 fully saturated rings. The fourth-order valence-electron chi connectivity index (χ4n) is 10.5. The van der Waals surface area contributed by atoms with Gasteiger partial charge in [0.1, 0.15) is 33.8 Å². The highest BCUT2D eigenvalue weighted by atomic mass is 16.5. The van der Waals surface area contributed by atoms with Gasteiger partial charge in [-0.25, -0.2) is 0 Å². The number of ether oxygens (including phenoxy) is 1. The number of hydrogen-bond donors (Lipinski definition) is 0. The number of nitrogens with zero attached hydrogens (tertiary/aromatic N) is 2. The second-order valence-electron chi connectivity index (χ2n) is 17.6. The Morgan fingerprint density at radius 3 is 1.36 bits per heavy atom. The fourth-order valence-corrected chi connectivity index (χ4v) is 10.5. The minimum atomic E-state index is 0.806. The van der Waals surface area contributed by atoms with Crippen LogP contribution in [0.25, 0.3) is 88.0 Å². The molecule has 0 N–H and O–H groups in total. The maximum absolute atomic E-state index is 7.09. The standard InChI is InChI=1S/C64H40N2O3/c1-3-16-44(17-4-1)66(45-18-5-2-6-19-45)56-27-14-30-59-62(56)55-26-11-15-43-39-48(40-60(67-59)61(43)55)65(46-35-31-41(32-36-46)49-22-12-24-53-51-20-7-9-28-57(51)68-63(49)53)47-37-33-42(34-38-47)50-23-13-25-54-52-21-8-10-29-58(52)69-64(50)54/h1-40H. The van der Waals surface area contributed by atoms with E-state index in [-0.39, 0.29) is 0 Å². The number of rotatable bonds is 8. The average molecular weight is 885 g/mol. The molecule has 0 radical (unpaired) electrons. The van der Waals surface area contributed by atoms with Gasteiger partial charge >= 0.3 is 0 Å². The lowest BCUT2D eigenvalue weighted by atomic mass is 9.92. The van der Waals surface area contributed by atoms with Gasteiger partial charge in [-0.3, -0.25) is 0 Å². The van der Waals surface area contributed by atoms with Gasteiger partial charge < -0.3 is 23.4 Å². The second-order valence-corrected chi connectivity index (χ2v) is 17.6. The number of anilines is 6. The smallest absolute Gasteiger partial charge is 0.143 e. The number of para-hydroxylation sites is 6. The van der Waals surface area contributed by atoms with Crippen LogP contribution in [-0.4, -0.2) is 0 Å². The van der Waals surface area contributed by atoms with Crippen molar-refractivity contribution in [3.8, 4) is 44.9 Å². The Hall–Kier alpha value is -9.32. The summed E-state index contributed by atoms with van der Waals surface area (Å²) in [6.07, 6.45) is 0. The van der Waals surface area contributed by atoms with E-state index < -0.39 is 0 Å². The molecule has 0 unspecified atom stereocenters. The van der Waals surface area contributed by atoms with E-state index in [2.05, 4.69) is 228 Å². The van der Waals surface area contributed by atoms with E-state index in [0.29, 0.717) is 0 Å². The van der Waals surface area contributed by atoms with Gasteiger partial charge in [-0.15, -0.1) is 0 Å². The SMILES string of the molecule is c1ccc(N(c2ccccc2)c2cccc3c2-c2cccc4cc(N(c5ccc(-c6cccc7c6oc6ccccc67)cc5)c5ccc(-c6cccc7c6oc6ccccc67)cc5)cc(c24)O3)cc1. The van der Waals surface area contributed by atoms with Gasteiger partial charge in [-0.2, -0.15) is 0 Å². The molecule has 324 valence electrons. The molecule has 69 heavy (non-hydrogen) atoms. The summed E-state index contributed by atoms with van der Waals surface area (Å²) < 4.78 is 20.1. The molecule has 0 aliphatic carbocycles. The third kappa shape index (κ3) is 6.32. The van der Waals surface area contributed by atoms with Crippen LogP contribution in [0.15, 0.2) is 251 Å². The van der Waals surface area contributed by atoms with Crippen LogP contribution in [0.2, 0.25) is 0 Å². The summed E-state index contributed by atoms with van der Waals surface area (Å²) in [4.78, 5) is 4.64. The molecular weight excluding hydrogens is 845 g/mol. The molecule has 0 spiro atoms. The molecule has 3 heterocycles. The first-order chi connectivity index (χ1) is 34.2. The Kier molecular flexibility index (Phi) is 8.83. The van der Waals surface area contributed by atoms with Gasteiger partial charge in [-0.1, -0.05) is 158 Å². The van der Waals surface area contributed by atoms with Crippen molar-refractivity contribution >= 4 is 88.8 Å². The molecule has 11 aromatic carbocycles. The van der Waals surface area contributed by atoms with Crippen molar-refractivity contribution < 1.29 is 13.6 Å². The lowest BCUT2D eigenvalue weighted by Gasteiger charge is -2.32. The zero-order chi connectivity index (χ0) is 45.4. The summed E-state index contributed by atoms with van der Waals surface area (Å²) in [6.45, 7) is 0. The third-order valence-electron chi connectivity index (χ3n) is 13.6. The summed E-state index contributed by atoms with van der Waals surface area (Å²) >= 11 is 0. The highest BCUT2D eigenvalue weighted by Gasteiger charge is 2.28. The Labute approximate surface area is 397 Å². The van der Waals surface area contributed by atoms with Gasteiger partial charge in [0.25, 0.3) is 0 Å². The molecule has 0 atom stereocenters. The van der Waals surface area contributed by atoms with Crippen LogP contribution in [0.3, 0.4) is 0 Å². The highest BCUT2D eigenvalue weighted by Crippen LogP contribution is 2.54. The van der Waals surface area contributed by atoms with Crippen molar-refractivity contribution in [2.45, 2.75) is 0 Å². The van der Waals surface area contributed by atoms with Crippen LogP contribution in [0, 0.1) is 0 Å². The van der Waals surface area contributed by atoms with Crippen LogP contribution >= 0.6 is 0 Å². The van der Waals surface area contributed by atoms with Crippen molar-refractivity contribution in [1.82, 2.24) is 0 Å². The summed E-state index contributed by atoms with van der Waals surface area (Å²) in [7, 11) is 0. The van der Waals surface area contributed by atoms with E-state index in [0.717, 1.165) is 134 Å². The molecule has 14 rings (SSSR count). The van der Waals surface area contributed by atoms with Crippen LogP contribution < -0.4 is 14.5 Å². The van der Waals surface area contributed by atoms with Gasteiger partial charge in [0.2, 0.25) is 0 Å². The number of hydrogen-bond acceptors (Lipinski definition) is 5. The van der Waals surface area contributed by atoms with Crippen molar-refractivity contribution in [2.75, 3.05) is 9.80 Å². The highest BCUT2D eigenvalue weighted by molar-refractivity contribution is 6.12. The molecule has 1 aliphatic heterocycles. The lowest BCUT2D eigenvalue weighted by Crippen LogP contribution is -2.13. The maximum atomic E-state index is 7.09. The topological polar surface area (TPSA) is 42.0 Å². The number of furan rings is 2. The molecule has 0 amide bonds. The average Bonchev–Trinajstić information content (AvgIpc) is 3.99. The molecule has 0 saturated heterocycles. The normalized spacial score (nSPS) is 11.9. The van der Waals surface area contributed by atoms with Crippen LogP contribution in [0.4, 0.5) is 34.1 Å². The van der Waals surface area contributed by atoms with E-state index in [9.17, 15) is 0 Å². The Morgan fingerprint density at radius 1 is 0.304 bits per heavy atom. The molecule has 5 heteroatoms. The van der Waals surface area contributed by atoms with Crippen molar-refractivity contribution in [3.05, 3.63) is 243 Å². The number of fused-ring (bicyclic) bond motifs is 8. The first-order valence-electron chi connectivity index (χ1n) is 23.3. The molecule has 0 bridgehead atoms. The first-order valence-corrected chi connectivity index (χ1v) is 23.3. The molecule has 0 saturated carbocycles. The van der Waals surface area contributed by atoms with E-state index in [1.807, 2.05) is 24.3 Å². The largest absolute Gasteiger partial charge is 0.456 e. The summed E-state index contributed by atoms with van der Waals surface area (Å²) in [5, 5.41) is 6.61. The maximum Gasteiger partial charge on any atom is 0.143 e. The van der Waals surface area contributed by atoms with Gasteiger partial charge in [-0.05, 0) is 101 Å². The predicted molar refractivity (Wildman–Crippen MR) is 284 cm³/mol. The van der Waals surface area contributed by atoms with E-state index >= 15 is 0 Å². The van der Waals surface area contributed by atoms with Crippen LogP contribution in [0.1, 0.15) is 0 Å². The fraction of sp³-hybridized carbons (Fsp3) is 0. The molecule has 5 nitrogen and oxygen atoms in total. The summed E-state index contributed by atoms with van der Waals surface area (Å²) in [6, 6.07) is 85.4. The first kappa shape index (κ1) is 38.9. The Balaban J connectivity index is 0.915.